The Morgan fingerprint density at radius 1 is 1.22 bits per heavy atom. The number of rotatable bonds is 5. The zero-order valence-electron chi connectivity index (χ0n) is 18.3. The molecule has 0 aliphatic carbocycles. The van der Waals surface area contributed by atoms with E-state index in [1.165, 1.54) is 5.56 Å². The van der Waals surface area contributed by atoms with Crippen LogP contribution in [-0.4, -0.2) is 45.7 Å². The number of carbonyl (C=O) groups excluding carboxylic acids is 1. The molecule has 0 saturated carbocycles. The van der Waals surface area contributed by atoms with E-state index in [2.05, 4.69) is 15.1 Å². The van der Waals surface area contributed by atoms with Crippen LogP contribution in [0.2, 0.25) is 0 Å². The third kappa shape index (κ3) is 4.10. The lowest BCUT2D eigenvalue weighted by Crippen LogP contribution is -2.40. The van der Waals surface area contributed by atoms with Gasteiger partial charge in [-0.3, -0.25) is 9.78 Å². The van der Waals surface area contributed by atoms with Crippen molar-refractivity contribution in [1.29, 1.82) is 0 Å². The van der Waals surface area contributed by atoms with Crippen molar-refractivity contribution in [2.45, 2.75) is 39.8 Å². The fraction of sp³-hybridized carbons (Fsp3) is 0.417. The Morgan fingerprint density at radius 3 is 2.91 bits per heavy atom. The van der Waals surface area contributed by atoms with Crippen molar-refractivity contribution in [3.8, 4) is 17.1 Å². The highest BCUT2D eigenvalue weighted by atomic mass is 16.5. The van der Waals surface area contributed by atoms with Crippen molar-refractivity contribution in [1.82, 2.24) is 20.0 Å². The van der Waals surface area contributed by atoms with E-state index in [1.54, 1.807) is 6.20 Å². The molecule has 0 N–H and O–H groups in total. The SMILES string of the molecule is Cc1ccc(-c2noc(C)c2COc2cc3c(cn2)CN(C(=O)C2CCOC2)CC3)cn1. The molecule has 5 heterocycles. The van der Waals surface area contributed by atoms with Crippen LogP contribution < -0.4 is 4.74 Å². The molecule has 32 heavy (non-hydrogen) atoms. The van der Waals surface area contributed by atoms with E-state index in [0.717, 1.165) is 40.9 Å². The average Bonchev–Trinajstić information content (AvgIpc) is 3.47. The number of fused-ring (bicyclic) bond motifs is 1. The molecule has 8 nitrogen and oxygen atoms in total. The van der Waals surface area contributed by atoms with Gasteiger partial charge in [-0.25, -0.2) is 4.98 Å². The molecular formula is C24H26N4O4. The van der Waals surface area contributed by atoms with Gasteiger partial charge in [-0.05, 0) is 49.9 Å². The zero-order chi connectivity index (χ0) is 22.1. The Bertz CT molecular complexity index is 1120. The van der Waals surface area contributed by atoms with Gasteiger partial charge in [0.1, 0.15) is 18.1 Å². The van der Waals surface area contributed by atoms with Gasteiger partial charge in [0, 0.05) is 49.4 Å². The maximum atomic E-state index is 12.7. The number of nitrogens with zero attached hydrogens (tertiary/aromatic N) is 4. The molecule has 2 aliphatic heterocycles. The van der Waals surface area contributed by atoms with Gasteiger partial charge in [0.05, 0.1) is 18.1 Å². The van der Waals surface area contributed by atoms with E-state index < -0.39 is 0 Å². The molecule has 1 atom stereocenters. The van der Waals surface area contributed by atoms with Crippen molar-refractivity contribution >= 4 is 5.91 Å². The summed E-state index contributed by atoms with van der Waals surface area (Å²) in [6, 6.07) is 5.90. The van der Waals surface area contributed by atoms with Crippen LogP contribution in [0.1, 0.15) is 34.6 Å². The van der Waals surface area contributed by atoms with E-state index in [-0.39, 0.29) is 11.8 Å². The number of ether oxygens (including phenoxy) is 2. The Hall–Kier alpha value is -3.26. The predicted molar refractivity (Wildman–Crippen MR) is 116 cm³/mol. The van der Waals surface area contributed by atoms with Crippen LogP contribution in [-0.2, 0) is 29.1 Å². The van der Waals surface area contributed by atoms with Gasteiger partial charge in [-0.2, -0.15) is 0 Å². The van der Waals surface area contributed by atoms with E-state index in [0.29, 0.717) is 44.6 Å². The van der Waals surface area contributed by atoms with E-state index in [9.17, 15) is 4.79 Å². The molecule has 5 rings (SSSR count). The lowest BCUT2D eigenvalue weighted by Gasteiger charge is -2.30. The molecule has 3 aromatic heterocycles. The molecule has 3 aromatic rings. The first-order chi connectivity index (χ1) is 15.6. The third-order valence-electron chi connectivity index (χ3n) is 6.19. The van der Waals surface area contributed by atoms with Gasteiger partial charge < -0.3 is 18.9 Å². The monoisotopic (exact) mass is 434 g/mol. The van der Waals surface area contributed by atoms with Gasteiger partial charge in [0.15, 0.2) is 0 Å². The summed E-state index contributed by atoms with van der Waals surface area (Å²) in [5.74, 6) is 1.45. The lowest BCUT2D eigenvalue weighted by molar-refractivity contribution is -0.136. The van der Waals surface area contributed by atoms with E-state index in [1.807, 2.05) is 43.1 Å². The summed E-state index contributed by atoms with van der Waals surface area (Å²) in [5.41, 5.74) is 5.70. The molecule has 8 heteroatoms. The zero-order valence-corrected chi connectivity index (χ0v) is 18.3. The number of hydrogen-bond donors (Lipinski definition) is 0. The number of amides is 1. The van der Waals surface area contributed by atoms with Crippen LogP contribution in [0.15, 0.2) is 35.1 Å². The van der Waals surface area contributed by atoms with Gasteiger partial charge in [0.2, 0.25) is 11.8 Å². The molecule has 1 amide bonds. The highest BCUT2D eigenvalue weighted by molar-refractivity contribution is 5.79. The van der Waals surface area contributed by atoms with Gasteiger partial charge >= 0.3 is 0 Å². The largest absolute Gasteiger partial charge is 0.473 e. The van der Waals surface area contributed by atoms with Crippen LogP contribution in [0, 0.1) is 19.8 Å². The molecular weight excluding hydrogens is 408 g/mol. The fourth-order valence-corrected chi connectivity index (χ4v) is 4.22. The molecule has 166 valence electrons. The number of hydrogen-bond acceptors (Lipinski definition) is 7. The van der Waals surface area contributed by atoms with Crippen molar-refractivity contribution in [2.75, 3.05) is 19.8 Å². The van der Waals surface area contributed by atoms with Crippen molar-refractivity contribution < 1.29 is 18.8 Å². The maximum absolute atomic E-state index is 12.7. The van der Waals surface area contributed by atoms with E-state index >= 15 is 0 Å². The summed E-state index contributed by atoms with van der Waals surface area (Å²) < 4.78 is 16.8. The molecule has 1 fully saturated rings. The van der Waals surface area contributed by atoms with Crippen molar-refractivity contribution in [3.63, 3.8) is 0 Å². The summed E-state index contributed by atoms with van der Waals surface area (Å²) in [7, 11) is 0. The summed E-state index contributed by atoms with van der Waals surface area (Å²) in [4.78, 5) is 23.4. The second kappa shape index (κ2) is 8.70. The van der Waals surface area contributed by atoms with Gasteiger partial charge in [-0.1, -0.05) is 5.16 Å². The number of pyridine rings is 2. The Kier molecular flexibility index (Phi) is 5.61. The highest BCUT2D eigenvalue weighted by Gasteiger charge is 2.30. The van der Waals surface area contributed by atoms with Gasteiger partial charge in [-0.15, -0.1) is 0 Å². The van der Waals surface area contributed by atoms with Crippen LogP contribution >= 0.6 is 0 Å². The molecule has 0 spiro atoms. The number of aryl methyl sites for hydroxylation is 2. The van der Waals surface area contributed by atoms with Crippen molar-refractivity contribution in [2.24, 2.45) is 5.92 Å². The molecule has 1 unspecified atom stereocenters. The van der Waals surface area contributed by atoms with Crippen LogP contribution in [0.4, 0.5) is 0 Å². The molecule has 0 radical (unpaired) electrons. The molecule has 2 aliphatic rings. The Labute approximate surface area is 186 Å². The van der Waals surface area contributed by atoms with Crippen molar-refractivity contribution in [3.05, 3.63) is 58.7 Å². The van der Waals surface area contributed by atoms with Gasteiger partial charge in [0.25, 0.3) is 0 Å². The summed E-state index contributed by atoms with van der Waals surface area (Å²) in [6.07, 6.45) is 5.22. The smallest absolute Gasteiger partial charge is 0.228 e. The Morgan fingerprint density at radius 2 is 2.12 bits per heavy atom. The normalized spacial score (nSPS) is 17.9. The Balaban J connectivity index is 1.27. The average molecular weight is 434 g/mol. The number of aromatic nitrogens is 3. The lowest BCUT2D eigenvalue weighted by atomic mass is 9.99. The van der Waals surface area contributed by atoms with Crippen LogP contribution in [0.25, 0.3) is 11.3 Å². The summed E-state index contributed by atoms with van der Waals surface area (Å²) in [6.45, 7) is 6.64. The second-order valence-electron chi connectivity index (χ2n) is 8.40. The van der Waals surface area contributed by atoms with Crippen LogP contribution in [0.3, 0.4) is 0 Å². The fourth-order valence-electron chi connectivity index (χ4n) is 4.22. The standard InChI is InChI=1S/C24H26N4O4/c1-15-3-4-18(10-25-15)23-21(16(2)32-27-23)14-31-22-9-17-5-7-28(12-20(17)11-26-22)24(29)19-6-8-30-13-19/h3-4,9-11,19H,5-8,12-14H2,1-2H3. The molecule has 0 aromatic carbocycles. The molecule has 0 bridgehead atoms. The second-order valence-corrected chi connectivity index (χ2v) is 8.40. The topological polar surface area (TPSA) is 90.6 Å². The minimum Gasteiger partial charge on any atom is -0.473 e. The first kappa shape index (κ1) is 20.6. The summed E-state index contributed by atoms with van der Waals surface area (Å²) in [5, 5.41) is 4.19. The quantitative estimate of drug-likeness (QED) is 0.609. The maximum Gasteiger partial charge on any atom is 0.228 e. The van der Waals surface area contributed by atoms with Crippen LogP contribution in [0.5, 0.6) is 5.88 Å². The number of carbonyl (C=O) groups is 1. The minimum absolute atomic E-state index is 0.00292. The summed E-state index contributed by atoms with van der Waals surface area (Å²) >= 11 is 0. The van der Waals surface area contributed by atoms with E-state index in [4.69, 9.17) is 14.0 Å². The first-order valence-corrected chi connectivity index (χ1v) is 10.9. The molecule has 1 saturated heterocycles. The predicted octanol–water partition coefficient (Wildman–Crippen LogP) is 3.25. The third-order valence-corrected chi connectivity index (χ3v) is 6.19. The minimum atomic E-state index is -0.00292. The highest BCUT2D eigenvalue weighted by Crippen LogP contribution is 2.28. The first-order valence-electron chi connectivity index (χ1n) is 10.9.